The third-order valence-corrected chi connectivity index (χ3v) is 8.57. The van der Waals surface area contributed by atoms with Gasteiger partial charge in [-0.25, -0.2) is 8.42 Å². The third-order valence-electron chi connectivity index (χ3n) is 5.50. The molecule has 0 aliphatic heterocycles. The van der Waals surface area contributed by atoms with E-state index in [2.05, 4.69) is 9.71 Å². The van der Waals surface area contributed by atoms with Crippen LogP contribution in [0, 0.1) is 0 Å². The van der Waals surface area contributed by atoms with E-state index in [1.54, 1.807) is 19.2 Å². The number of aliphatic carboxylic acids is 1. The van der Waals surface area contributed by atoms with Crippen LogP contribution >= 0.6 is 11.3 Å². The van der Waals surface area contributed by atoms with Gasteiger partial charge in [-0.05, 0) is 41.5 Å². The van der Waals surface area contributed by atoms with E-state index in [-0.39, 0.29) is 4.21 Å². The quantitative estimate of drug-likeness (QED) is 0.309. The lowest BCUT2D eigenvalue weighted by Gasteiger charge is -2.21. The van der Waals surface area contributed by atoms with Crippen LogP contribution in [0.5, 0.6) is 0 Å². The number of fused-ring (bicyclic) bond motifs is 1. The van der Waals surface area contributed by atoms with Crippen LogP contribution in [-0.4, -0.2) is 30.5 Å². The van der Waals surface area contributed by atoms with Gasteiger partial charge in [-0.3, -0.25) is 4.79 Å². The van der Waals surface area contributed by atoms with Gasteiger partial charge in [-0.1, -0.05) is 37.3 Å². The summed E-state index contributed by atoms with van der Waals surface area (Å²) >= 11 is 0.841. The zero-order chi connectivity index (χ0) is 24.7. The number of rotatable bonds is 7. The molecule has 0 bridgehead atoms. The molecule has 0 saturated carbocycles. The predicted octanol–water partition coefficient (Wildman–Crippen LogP) is 5.45. The second-order valence-electron chi connectivity index (χ2n) is 7.71. The normalized spacial score (nSPS) is 14.2. The lowest BCUT2D eigenvalue weighted by molar-refractivity contribution is -0.139. The molecule has 4 aromatic rings. The fourth-order valence-corrected chi connectivity index (χ4v) is 6.28. The van der Waals surface area contributed by atoms with Gasteiger partial charge in [0.05, 0.1) is 5.56 Å². The molecule has 6 nitrogen and oxygen atoms in total. The number of carboxylic acid groups (broad SMARTS) is 1. The highest BCUT2D eigenvalue weighted by Crippen LogP contribution is 2.35. The highest BCUT2D eigenvalue weighted by Gasteiger charge is 2.33. The Labute approximate surface area is 197 Å². The minimum Gasteiger partial charge on any atom is -0.480 e. The van der Waals surface area contributed by atoms with Gasteiger partial charge in [0.2, 0.25) is 0 Å². The SMILES string of the molecule is CC(c1c[nH]c2ccccc12)[C@@H](NS(=O)(=O)c1ccc(-c2ccc(C(F)(F)F)cc2)s1)C(=O)O. The van der Waals surface area contributed by atoms with Crippen LogP contribution in [0.15, 0.2) is 71.1 Å². The number of thiophene rings is 1. The van der Waals surface area contributed by atoms with E-state index in [0.29, 0.717) is 16.0 Å². The van der Waals surface area contributed by atoms with Gasteiger partial charge >= 0.3 is 12.1 Å². The highest BCUT2D eigenvalue weighted by molar-refractivity contribution is 7.91. The first-order valence-electron chi connectivity index (χ1n) is 10.1. The first-order chi connectivity index (χ1) is 16.0. The van der Waals surface area contributed by atoms with Crippen molar-refractivity contribution < 1.29 is 31.5 Å². The molecule has 2 atom stereocenters. The van der Waals surface area contributed by atoms with Crippen molar-refractivity contribution in [3.63, 3.8) is 0 Å². The van der Waals surface area contributed by atoms with E-state index in [4.69, 9.17) is 0 Å². The van der Waals surface area contributed by atoms with Gasteiger partial charge < -0.3 is 10.1 Å². The second-order valence-corrected chi connectivity index (χ2v) is 10.7. The zero-order valence-electron chi connectivity index (χ0n) is 17.6. The first-order valence-corrected chi connectivity index (χ1v) is 12.4. The topological polar surface area (TPSA) is 99.3 Å². The fourth-order valence-electron chi connectivity index (χ4n) is 3.69. The number of H-pyrrole nitrogens is 1. The summed E-state index contributed by atoms with van der Waals surface area (Å²) in [7, 11) is -4.21. The maximum Gasteiger partial charge on any atom is 0.416 e. The van der Waals surface area contributed by atoms with Crippen LogP contribution in [0.3, 0.4) is 0 Å². The molecule has 1 unspecified atom stereocenters. The number of halogens is 3. The molecule has 178 valence electrons. The van der Waals surface area contributed by atoms with Gasteiger partial charge in [0, 0.05) is 27.9 Å². The van der Waals surface area contributed by atoms with Crippen molar-refractivity contribution in [2.24, 2.45) is 0 Å². The van der Waals surface area contributed by atoms with Crippen molar-refractivity contribution in [2.45, 2.75) is 29.3 Å². The molecule has 0 aliphatic rings. The number of nitrogens with one attached hydrogen (secondary N) is 2. The molecule has 0 spiro atoms. The molecule has 0 aliphatic carbocycles. The molecule has 0 amide bonds. The third kappa shape index (κ3) is 4.72. The van der Waals surface area contributed by atoms with Crippen molar-refractivity contribution >= 4 is 38.2 Å². The number of para-hydroxylation sites is 1. The van der Waals surface area contributed by atoms with E-state index in [9.17, 15) is 31.5 Å². The highest BCUT2D eigenvalue weighted by atomic mass is 32.2. The summed E-state index contributed by atoms with van der Waals surface area (Å²) in [6, 6.07) is 13.0. The van der Waals surface area contributed by atoms with Crippen LogP contribution in [0.2, 0.25) is 0 Å². The Hall–Kier alpha value is -3.15. The van der Waals surface area contributed by atoms with Gasteiger partial charge in [0.25, 0.3) is 10.0 Å². The maximum atomic E-state index is 13.0. The number of aromatic nitrogens is 1. The molecule has 0 saturated heterocycles. The van der Waals surface area contributed by atoms with E-state index in [1.807, 2.05) is 18.2 Å². The van der Waals surface area contributed by atoms with E-state index < -0.39 is 39.7 Å². The minimum absolute atomic E-state index is 0.139. The Morgan fingerprint density at radius 1 is 1.06 bits per heavy atom. The number of alkyl halides is 3. The van der Waals surface area contributed by atoms with Crippen LogP contribution in [0.25, 0.3) is 21.3 Å². The van der Waals surface area contributed by atoms with Crippen molar-refractivity contribution in [1.29, 1.82) is 0 Å². The Balaban J connectivity index is 1.59. The van der Waals surface area contributed by atoms with Crippen molar-refractivity contribution in [3.05, 3.63) is 78.0 Å². The molecule has 2 aromatic heterocycles. The number of carboxylic acids is 1. The Kier molecular flexibility index (Phi) is 6.28. The average Bonchev–Trinajstić information content (AvgIpc) is 3.44. The van der Waals surface area contributed by atoms with E-state index in [0.717, 1.165) is 34.4 Å². The molecule has 3 N–H and O–H groups in total. The number of aromatic amines is 1. The van der Waals surface area contributed by atoms with Crippen molar-refractivity contribution in [2.75, 3.05) is 0 Å². The van der Waals surface area contributed by atoms with Crippen molar-refractivity contribution in [1.82, 2.24) is 9.71 Å². The second kappa shape index (κ2) is 8.90. The summed E-state index contributed by atoms with van der Waals surface area (Å²) in [5.74, 6) is -2.03. The summed E-state index contributed by atoms with van der Waals surface area (Å²) < 4.78 is 66.5. The zero-order valence-corrected chi connectivity index (χ0v) is 19.3. The van der Waals surface area contributed by atoms with Gasteiger partial charge in [-0.2, -0.15) is 17.9 Å². The van der Waals surface area contributed by atoms with E-state index >= 15 is 0 Å². The molecule has 2 aromatic carbocycles. The molecule has 0 fully saturated rings. The molecule has 34 heavy (non-hydrogen) atoms. The number of hydrogen-bond donors (Lipinski definition) is 3. The Bertz CT molecular complexity index is 1440. The van der Waals surface area contributed by atoms with Gasteiger partial charge in [0.1, 0.15) is 10.3 Å². The lowest BCUT2D eigenvalue weighted by Crippen LogP contribution is -2.43. The summed E-state index contributed by atoms with van der Waals surface area (Å²) in [4.78, 5) is 15.5. The van der Waals surface area contributed by atoms with Crippen LogP contribution < -0.4 is 4.72 Å². The number of sulfonamides is 1. The molecule has 2 heterocycles. The average molecular weight is 509 g/mol. The van der Waals surface area contributed by atoms with Crippen molar-refractivity contribution in [3.8, 4) is 10.4 Å². The Morgan fingerprint density at radius 2 is 1.74 bits per heavy atom. The summed E-state index contributed by atoms with van der Waals surface area (Å²) in [5, 5.41) is 10.6. The lowest BCUT2D eigenvalue weighted by atomic mass is 9.93. The summed E-state index contributed by atoms with van der Waals surface area (Å²) in [6.45, 7) is 1.62. The molecule has 4 rings (SSSR count). The summed E-state index contributed by atoms with van der Waals surface area (Å²) in [6.07, 6.45) is -2.81. The van der Waals surface area contributed by atoms with Crippen LogP contribution in [-0.2, 0) is 21.0 Å². The Morgan fingerprint density at radius 3 is 2.38 bits per heavy atom. The minimum atomic E-state index is -4.47. The largest absolute Gasteiger partial charge is 0.480 e. The first kappa shape index (κ1) is 24.0. The number of benzene rings is 2. The van der Waals surface area contributed by atoms with E-state index in [1.165, 1.54) is 24.3 Å². The standard InChI is InChI=1S/C23H19F3N2O4S2/c1-13(17-12-27-18-5-3-2-4-16(17)18)21(22(29)30)28-34(31,32)20-11-10-19(33-20)14-6-8-15(9-7-14)23(24,25)26/h2-13,21,27-28H,1H3,(H,29,30)/t13?,21-/m1/s1. The van der Waals surface area contributed by atoms with Crippen LogP contribution in [0.4, 0.5) is 13.2 Å². The molecular weight excluding hydrogens is 489 g/mol. The summed E-state index contributed by atoms with van der Waals surface area (Å²) in [5.41, 5.74) is 1.07. The number of hydrogen-bond acceptors (Lipinski definition) is 4. The van der Waals surface area contributed by atoms with Crippen LogP contribution in [0.1, 0.15) is 24.0 Å². The fraction of sp³-hybridized carbons (Fsp3) is 0.174. The van der Waals surface area contributed by atoms with Gasteiger partial charge in [-0.15, -0.1) is 11.3 Å². The maximum absolute atomic E-state index is 13.0. The monoisotopic (exact) mass is 508 g/mol. The smallest absolute Gasteiger partial charge is 0.416 e. The predicted molar refractivity (Wildman–Crippen MR) is 123 cm³/mol. The molecule has 0 radical (unpaired) electrons. The van der Waals surface area contributed by atoms with Gasteiger partial charge in [0.15, 0.2) is 0 Å². The molecular formula is C23H19F3N2O4S2. The molecule has 11 heteroatoms. The number of carbonyl (C=O) groups is 1.